The van der Waals surface area contributed by atoms with E-state index < -0.39 is 5.54 Å². The van der Waals surface area contributed by atoms with Gasteiger partial charge in [-0.05, 0) is 45.6 Å². The van der Waals surface area contributed by atoms with Crippen molar-refractivity contribution in [1.82, 2.24) is 5.32 Å². The van der Waals surface area contributed by atoms with Gasteiger partial charge in [-0.1, -0.05) is 6.92 Å². The number of hydrogen-bond donors (Lipinski definition) is 1. The maximum Gasteiger partial charge on any atom is 0.127 e. The van der Waals surface area contributed by atoms with Gasteiger partial charge in [0.25, 0.3) is 0 Å². The van der Waals surface area contributed by atoms with Gasteiger partial charge < -0.3 is 9.47 Å². The molecule has 1 rings (SSSR count). The minimum absolute atomic E-state index is 0.236. The van der Waals surface area contributed by atoms with Gasteiger partial charge in [-0.3, -0.25) is 5.32 Å². The summed E-state index contributed by atoms with van der Waals surface area (Å²) >= 11 is 0. The molecule has 0 aromatic carbocycles. The second-order valence-corrected chi connectivity index (χ2v) is 5.33. The van der Waals surface area contributed by atoms with Crippen molar-refractivity contribution in [2.75, 3.05) is 20.3 Å². The van der Waals surface area contributed by atoms with Crippen LogP contribution in [0.25, 0.3) is 0 Å². The average molecular weight is 254 g/mol. The van der Waals surface area contributed by atoms with E-state index in [-0.39, 0.29) is 6.10 Å². The predicted octanol–water partition coefficient (Wildman–Crippen LogP) is 2.24. The lowest BCUT2D eigenvalue weighted by molar-refractivity contribution is -0.0404. The summed E-state index contributed by atoms with van der Waals surface area (Å²) in [6, 6.07) is 2.31. The van der Waals surface area contributed by atoms with Gasteiger partial charge in [0, 0.05) is 7.11 Å². The molecule has 104 valence electrons. The van der Waals surface area contributed by atoms with Crippen LogP contribution in [0, 0.1) is 11.3 Å². The maximum atomic E-state index is 9.22. The van der Waals surface area contributed by atoms with Crippen LogP contribution in [-0.4, -0.2) is 38.0 Å². The third kappa shape index (κ3) is 4.93. The Kier molecular flexibility index (Phi) is 6.62. The van der Waals surface area contributed by atoms with Crippen LogP contribution < -0.4 is 5.32 Å². The first-order chi connectivity index (χ1) is 8.63. The quantitative estimate of drug-likeness (QED) is 0.757. The highest BCUT2D eigenvalue weighted by molar-refractivity contribution is 5.04. The van der Waals surface area contributed by atoms with Crippen molar-refractivity contribution in [3.8, 4) is 6.07 Å². The van der Waals surface area contributed by atoms with Crippen LogP contribution in [0.15, 0.2) is 0 Å². The van der Waals surface area contributed by atoms with Crippen LogP contribution in [0.5, 0.6) is 0 Å². The summed E-state index contributed by atoms with van der Waals surface area (Å²) in [4.78, 5) is 0. The summed E-state index contributed by atoms with van der Waals surface area (Å²) < 4.78 is 11.3. The van der Waals surface area contributed by atoms with Crippen LogP contribution in [0.3, 0.4) is 0 Å². The molecule has 4 heteroatoms. The van der Waals surface area contributed by atoms with E-state index in [4.69, 9.17) is 9.47 Å². The number of methoxy groups -OCH3 is 1. The lowest BCUT2D eigenvalue weighted by Gasteiger charge is -2.31. The standard InChI is InChI=1S/C14H26N2O2/c1-4-8-16-14(2,10-15)11-18-13-7-5-6-12(9-13)17-3/h12-13,16H,4-9,11H2,1-3H3. The molecule has 0 aromatic heterocycles. The van der Waals surface area contributed by atoms with Crippen molar-refractivity contribution >= 4 is 0 Å². The van der Waals surface area contributed by atoms with Crippen LogP contribution in [0.4, 0.5) is 0 Å². The van der Waals surface area contributed by atoms with Crippen LogP contribution in [0.1, 0.15) is 46.0 Å². The summed E-state index contributed by atoms with van der Waals surface area (Å²) in [5.41, 5.74) is -0.573. The molecule has 0 amide bonds. The Morgan fingerprint density at radius 2 is 2.11 bits per heavy atom. The summed E-state index contributed by atoms with van der Waals surface area (Å²) in [5.74, 6) is 0. The lowest BCUT2D eigenvalue weighted by Crippen LogP contribution is -2.46. The van der Waals surface area contributed by atoms with E-state index in [9.17, 15) is 5.26 Å². The number of ether oxygens (including phenoxy) is 2. The Hall–Kier alpha value is -0.630. The number of hydrogen-bond acceptors (Lipinski definition) is 4. The van der Waals surface area contributed by atoms with E-state index in [1.165, 1.54) is 0 Å². The van der Waals surface area contributed by atoms with Crippen molar-refractivity contribution in [3.63, 3.8) is 0 Å². The van der Waals surface area contributed by atoms with Crippen molar-refractivity contribution in [2.45, 2.75) is 63.7 Å². The highest BCUT2D eigenvalue weighted by Gasteiger charge is 2.27. The number of nitrogens with one attached hydrogen (secondary N) is 1. The molecule has 18 heavy (non-hydrogen) atoms. The van der Waals surface area contributed by atoms with Crippen molar-refractivity contribution in [2.24, 2.45) is 0 Å². The largest absolute Gasteiger partial charge is 0.381 e. The first-order valence-corrected chi connectivity index (χ1v) is 6.94. The zero-order valence-electron chi connectivity index (χ0n) is 11.9. The minimum Gasteiger partial charge on any atom is -0.381 e. The Bertz CT molecular complexity index is 277. The molecule has 1 N–H and O–H groups in total. The molecule has 1 aliphatic rings. The molecule has 0 heterocycles. The van der Waals surface area contributed by atoms with Gasteiger partial charge in [0.1, 0.15) is 5.54 Å². The lowest BCUT2D eigenvalue weighted by atomic mass is 9.94. The Morgan fingerprint density at radius 3 is 2.72 bits per heavy atom. The topological polar surface area (TPSA) is 54.3 Å². The second-order valence-electron chi connectivity index (χ2n) is 5.33. The third-order valence-corrected chi connectivity index (χ3v) is 3.53. The van der Waals surface area contributed by atoms with Gasteiger partial charge in [-0.15, -0.1) is 0 Å². The fourth-order valence-electron chi connectivity index (χ4n) is 2.28. The van der Waals surface area contributed by atoms with E-state index in [0.717, 1.165) is 38.6 Å². The highest BCUT2D eigenvalue weighted by Crippen LogP contribution is 2.23. The number of nitrogens with zero attached hydrogens (tertiary/aromatic N) is 1. The van der Waals surface area contributed by atoms with Crippen molar-refractivity contribution in [3.05, 3.63) is 0 Å². The molecule has 1 fully saturated rings. The van der Waals surface area contributed by atoms with Gasteiger partial charge in [0.05, 0.1) is 24.9 Å². The molecule has 1 saturated carbocycles. The predicted molar refractivity (Wildman–Crippen MR) is 71.3 cm³/mol. The molecule has 3 unspecified atom stereocenters. The molecule has 0 aliphatic heterocycles. The van der Waals surface area contributed by atoms with Crippen molar-refractivity contribution < 1.29 is 9.47 Å². The Morgan fingerprint density at radius 1 is 1.39 bits per heavy atom. The smallest absolute Gasteiger partial charge is 0.127 e. The maximum absolute atomic E-state index is 9.22. The molecule has 0 saturated heterocycles. The summed E-state index contributed by atoms with van der Waals surface area (Å²) in [6.07, 6.45) is 5.88. The SMILES string of the molecule is CCCNC(C)(C#N)COC1CCCC(OC)C1. The summed E-state index contributed by atoms with van der Waals surface area (Å²) in [5, 5.41) is 12.5. The zero-order chi connectivity index (χ0) is 13.4. The van der Waals surface area contributed by atoms with Crippen LogP contribution >= 0.6 is 0 Å². The summed E-state index contributed by atoms with van der Waals surface area (Å²) in [7, 11) is 1.76. The normalized spacial score (nSPS) is 27.4. The Labute approximate surface area is 111 Å². The van der Waals surface area contributed by atoms with E-state index in [1.807, 2.05) is 6.92 Å². The van der Waals surface area contributed by atoms with Gasteiger partial charge in [0.15, 0.2) is 0 Å². The van der Waals surface area contributed by atoms with Crippen LogP contribution in [0.2, 0.25) is 0 Å². The van der Waals surface area contributed by atoms with E-state index in [2.05, 4.69) is 18.3 Å². The zero-order valence-corrected chi connectivity index (χ0v) is 11.9. The third-order valence-electron chi connectivity index (χ3n) is 3.53. The molecular formula is C14H26N2O2. The number of nitriles is 1. The van der Waals surface area contributed by atoms with Crippen molar-refractivity contribution in [1.29, 1.82) is 5.26 Å². The van der Waals surface area contributed by atoms with Crippen LogP contribution in [-0.2, 0) is 9.47 Å². The Balaban J connectivity index is 2.35. The van der Waals surface area contributed by atoms with E-state index in [1.54, 1.807) is 7.11 Å². The molecule has 0 bridgehead atoms. The summed E-state index contributed by atoms with van der Waals surface area (Å²) in [6.45, 7) is 5.29. The highest BCUT2D eigenvalue weighted by atomic mass is 16.5. The molecule has 3 atom stereocenters. The molecule has 0 radical (unpaired) electrons. The first-order valence-electron chi connectivity index (χ1n) is 6.94. The van der Waals surface area contributed by atoms with Gasteiger partial charge in [0.2, 0.25) is 0 Å². The second kappa shape index (κ2) is 7.73. The average Bonchev–Trinajstić information content (AvgIpc) is 2.43. The minimum atomic E-state index is -0.573. The fraction of sp³-hybridized carbons (Fsp3) is 0.929. The molecule has 0 spiro atoms. The first kappa shape index (κ1) is 15.4. The number of rotatable bonds is 7. The molecule has 1 aliphatic carbocycles. The van der Waals surface area contributed by atoms with E-state index in [0.29, 0.717) is 12.7 Å². The van der Waals surface area contributed by atoms with Gasteiger partial charge >= 0.3 is 0 Å². The monoisotopic (exact) mass is 254 g/mol. The van der Waals surface area contributed by atoms with Gasteiger partial charge in [-0.2, -0.15) is 5.26 Å². The fourth-order valence-corrected chi connectivity index (χ4v) is 2.28. The van der Waals surface area contributed by atoms with E-state index >= 15 is 0 Å². The molecule has 4 nitrogen and oxygen atoms in total. The molecule has 0 aromatic rings. The molecular weight excluding hydrogens is 228 g/mol. The van der Waals surface area contributed by atoms with Gasteiger partial charge in [-0.25, -0.2) is 0 Å².